The summed E-state index contributed by atoms with van der Waals surface area (Å²) in [5.41, 5.74) is 0.436. The molecule has 0 spiro atoms. The van der Waals surface area contributed by atoms with Crippen molar-refractivity contribution in [3.63, 3.8) is 0 Å². The second-order valence-corrected chi connectivity index (χ2v) is 4.04. The SMILES string of the molecule is CCCCc1noc(CNc2ccccc2F)n1. The maximum Gasteiger partial charge on any atom is 0.245 e. The van der Waals surface area contributed by atoms with Crippen LogP contribution in [0, 0.1) is 5.82 Å². The van der Waals surface area contributed by atoms with Crippen LogP contribution in [0.4, 0.5) is 10.1 Å². The second-order valence-electron chi connectivity index (χ2n) is 4.04. The molecule has 0 saturated carbocycles. The zero-order chi connectivity index (χ0) is 12.8. The Labute approximate surface area is 105 Å². The molecule has 2 rings (SSSR count). The number of hydrogen-bond acceptors (Lipinski definition) is 4. The van der Waals surface area contributed by atoms with Crippen LogP contribution in [0.1, 0.15) is 31.5 Å². The minimum atomic E-state index is -0.289. The van der Waals surface area contributed by atoms with Gasteiger partial charge in [0, 0.05) is 6.42 Å². The maximum absolute atomic E-state index is 13.3. The van der Waals surface area contributed by atoms with Crippen LogP contribution in [0.3, 0.4) is 0 Å². The summed E-state index contributed by atoms with van der Waals surface area (Å²) in [6.45, 7) is 2.45. The maximum atomic E-state index is 13.3. The normalized spacial score (nSPS) is 10.6. The van der Waals surface area contributed by atoms with Crippen molar-refractivity contribution >= 4 is 5.69 Å². The fourth-order valence-corrected chi connectivity index (χ4v) is 1.57. The van der Waals surface area contributed by atoms with Crippen LogP contribution in [0.15, 0.2) is 28.8 Å². The van der Waals surface area contributed by atoms with Gasteiger partial charge in [-0.1, -0.05) is 30.6 Å². The van der Waals surface area contributed by atoms with Crippen LogP contribution < -0.4 is 5.32 Å². The van der Waals surface area contributed by atoms with Crippen LogP contribution in [0.2, 0.25) is 0 Å². The Hall–Kier alpha value is -1.91. The van der Waals surface area contributed by atoms with Gasteiger partial charge in [0.25, 0.3) is 0 Å². The third-order valence-electron chi connectivity index (χ3n) is 2.57. The monoisotopic (exact) mass is 249 g/mol. The first-order valence-corrected chi connectivity index (χ1v) is 6.09. The number of aryl methyl sites for hydroxylation is 1. The molecule has 0 aliphatic rings. The van der Waals surface area contributed by atoms with E-state index >= 15 is 0 Å². The molecule has 96 valence electrons. The van der Waals surface area contributed by atoms with Gasteiger partial charge in [-0.15, -0.1) is 0 Å². The fraction of sp³-hybridized carbons (Fsp3) is 0.385. The number of nitrogens with one attached hydrogen (secondary N) is 1. The van der Waals surface area contributed by atoms with Crippen LogP contribution in [0.25, 0.3) is 0 Å². The minimum absolute atomic E-state index is 0.289. The Morgan fingerprint density at radius 1 is 1.33 bits per heavy atom. The molecule has 4 nitrogen and oxygen atoms in total. The van der Waals surface area contributed by atoms with Gasteiger partial charge in [-0.3, -0.25) is 0 Å². The number of unbranched alkanes of at least 4 members (excludes halogenated alkanes) is 1. The highest BCUT2D eigenvalue weighted by molar-refractivity contribution is 5.44. The van der Waals surface area contributed by atoms with Crippen LogP contribution in [-0.2, 0) is 13.0 Å². The largest absolute Gasteiger partial charge is 0.374 e. The Morgan fingerprint density at radius 3 is 2.94 bits per heavy atom. The molecule has 1 aromatic heterocycles. The summed E-state index contributed by atoms with van der Waals surface area (Å²) in [4.78, 5) is 4.23. The lowest BCUT2D eigenvalue weighted by atomic mass is 10.2. The van der Waals surface area contributed by atoms with Gasteiger partial charge in [0.05, 0.1) is 12.2 Å². The average molecular weight is 249 g/mol. The van der Waals surface area contributed by atoms with Crippen LogP contribution >= 0.6 is 0 Å². The molecule has 0 fully saturated rings. The van der Waals surface area contributed by atoms with Crippen LogP contribution in [0.5, 0.6) is 0 Å². The third-order valence-corrected chi connectivity index (χ3v) is 2.57. The summed E-state index contributed by atoms with van der Waals surface area (Å²) in [7, 11) is 0. The minimum Gasteiger partial charge on any atom is -0.374 e. The molecule has 1 heterocycles. The predicted molar refractivity (Wildman–Crippen MR) is 66.6 cm³/mol. The smallest absolute Gasteiger partial charge is 0.245 e. The van der Waals surface area contributed by atoms with E-state index in [0.29, 0.717) is 23.9 Å². The molecule has 0 bridgehead atoms. The Balaban J connectivity index is 1.90. The van der Waals surface area contributed by atoms with Crippen molar-refractivity contribution in [3.8, 4) is 0 Å². The molecule has 0 amide bonds. The lowest BCUT2D eigenvalue weighted by Crippen LogP contribution is -2.01. The Morgan fingerprint density at radius 2 is 2.17 bits per heavy atom. The van der Waals surface area contributed by atoms with Crippen LogP contribution in [-0.4, -0.2) is 10.1 Å². The molecule has 0 unspecified atom stereocenters. The average Bonchev–Trinajstić information content (AvgIpc) is 2.83. The molecule has 1 N–H and O–H groups in total. The van der Waals surface area contributed by atoms with Gasteiger partial charge in [-0.2, -0.15) is 4.98 Å². The number of nitrogens with zero attached hydrogens (tertiary/aromatic N) is 2. The van der Waals surface area contributed by atoms with E-state index in [0.717, 1.165) is 19.3 Å². The Kier molecular flexibility index (Phi) is 4.28. The van der Waals surface area contributed by atoms with Crippen molar-refractivity contribution in [2.24, 2.45) is 0 Å². The van der Waals surface area contributed by atoms with E-state index in [2.05, 4.69) is 22.4 Å². The van der Waals surface area contributed by atoms with Gasteiger partial charge in [-0.05, 0) is 18.6 Å². The summed E-state index contributed by atoms with van der Waals surface area (Å²) in [5.74, 6) is 0.898. The van der Waals surface area contributed by atoms with Crippen molar-refractivity contribution < 1.29 is 8.91 Å². The highest BCUT2D eigenvalue weighted by atomic mass is 19.1. The molecular formula is C13H16FN3O. The highest BCUT2D eigenvalue weighted by Crippen LogP contribution is 2.13. The molecule has 0 aliphatic carbocycles. The van der Waals surface area contributed by atoms with E-state index in [1.54, 1.807) is 18.2 Å². The zero-order valence-electron chi connectivity index (χ0n) is 10.3. The predicted octanol–water partition coefficient (Wildman–Crippen LogP) is 3.16. The second kappa shape index (κ2) is 6.14. The van der Waals surface area contributed by atoms with Crippen molar-refractivity contribution in [3.05, 3.63) is 41.8 Å². The van der Waals surface area contributed by atoms with E-state index in [1.807, 2.05) is 0 Å². The molecule has 0 aliphatic heterocycles. The highest BCUT2D eigenvalue weighted by Gasteiger charge is 2.06. The summed E-state index contributed by atoms with van der Waals surface area (Å²) in [6, 6.07) is 6.49. The molecular weight excluding hydrogens is 233 g/mol. The number of anilines is 1. The van der Waals surface area contributed by atoms with E-state index < -0.39 is 0 Å². The standard InChI is InChI=1S/C13H16FN3O/c1-2-3-8-12-16-13(18-17-12)9-15-11-7-5-4-6-10(11)14/h4-7,15H,2-3,8-9H2,1H3. The van der Waals surface area contributed by atoms with Crippen molar-refractivity contribution in [2.45, 2.75) is 32.7 Å². The first kappa shape index (κ1) is 12.5. The summed E-state index contributed by atoms with van der Waals surface area (Å²) in [5, 5.41) is 6.80. The van der Waals surface area contributed by atoms with Crippen molar-refractivity contribution in [1.82, 2.24) is 10.1 Å². The fourth-order valence-electron chi connectivity index (χ4n) is 1.57. The van der Waals surface area contributed by atoms with Gasteiger partial charge in [0.1, 0.15) is 5.82 Å². The molecule has 0 radical (unpaired) electrons. The summed E-state index contributed by atoms with van der Waals surface area (Å²) in [6.07, 6.45) is 2.96. The number of hydrogen-bond donors (Lipinski definition) is 1. The van der Waals surface area contributed by atoms with Gasteiger partial charge < -0.3 is 9.84 Å². The number of para-hydroxylation sites is 1. The number of aromatic nitrogens is 2. The number of benzene rings is 1. The number of halogens is 1. The van der Waals surface area contributed by atoms with E-state index in [-0.39, 0.29) is 5.82 Å². The van der Waals surface area contributed by atoms with Gasteiger partial charge in [0.15, 0.2) is 5.82 Å². The molecule has 0 saturated heterocycles. The molecule has 1 aromatic carbocycles. The number of rotatable bonds is 6. The van der Waals surface area contributed by atoms with Crippen molar-refractivity contribution in [1.29, 1.82) is 0 Å². The molecule has 18 heavy (non-hydrogen) atoms. The summed E-state index contributed by atoms with van der Waals surface area (Å²) >= 11 is 0. The lowest BCUT2D eigenvalue weighted by Gasteiger charge is -2.03. The van der Waals surface area contributed by atoms with Gasteiger partial charge in [0.2, 0.25) is 5.89 Å². The van der Waals surface area contributed by atoms with Gasteiger partial charge in [-0.25, -0.2) is 4.39 Å². The lowest BCUT2D eigenvalue weighted by molar-refractivity contribution is 0.377. The van der Waals surface area contributed by atoms with E-state index in [4.69, 9.17) is 4.52 Å². The van der Waals surface area contributed by atoms with E-state index in [1.165, 1.54) is 6.07 Å². The molecule has 5 heteroatoms. The molecule has 0 atom stereocenters. The topological polar surface area (TPSA) is 51.0 Å². The first-order valence-electron chi connectivity index (χ1n) is 6.09. The van der Waals surface area contributed by atoms with Crippen molar-refractivity contribution in [2.75, 3.05) is 5.32 Å². The quantitative estimate of drug-likeness (QED) is 0.854. The van der Waals surface area contributed by atoms with Gasteiger partial charge >= 0.3 is 0 Å². The third kappa shape index (κ3) is 3.29. The Bertz CT molecular complexity index is 498. The molecule has 2 aromatic rings. The first-order chi connectivity index (χ1) is 8.79. The summed E-state index contributed by atoms with van der Waals surface area (Å²) < 4.78 is 18.4. The zero-order valence-corrected chi connectivity index (χ0v) is 10.3. The van der Waals surface area contributed by atoms with E-state index in [9.17, 15) is 4.39 Å².